The number of ether oxygens (including phenoxy) is 2. The van der Waals surface area contributed by atoms with Crippen LogP contribution >= 0.6 is 0 Å². The van der Waals surface area contributed by atoms with E-state index in [9.17, 15) is 9.59 Å². The fourth-order valence-corrected chi connectivity index (χ4v) is 3.78. The van der Waals surface area contributed by atoms with Gasteiger partial charge in [0.15, 0.2) is 11.5 Å². The fourth-order valence-electron chi connectivity index (χ4n) is 3.78. The molecule has 0 bridgehead atoms. The maximum absolute atomic E-state index is 12.8. The van der Waals surface area contributed by atoms with Gasteiger partial charge in [0.25, 0.3) is 11.8 Å². The first kappa shape index (κ1) is 17.5. The van der Waals surface area contributed by atoms with Crippen molar-refractivity contribution in [3.05, 3.63) is 34.9 Å². The Hall–Kier alpha value is -2.30. The zero-order valence-corrected chi connectivity index (χ0v) is 15.1. The molecule has 1 aliphatic carbocycles. The van der Waals surface area contributed by atoms with Crippen molar-refractivity contribution in [3.8, 4) is 11.5 Å². The molecule has 25 heavy (non-hydrogen) atoms. The van der Waals surface area contributed by atoms with Crippen LogP contribution in [0.3, 0.4) is 0 Å². The van der Waals surface area contributed by atoms with Crippen LogP contribution in [0.25, 0.3) is 0 Å². The van der Waals surface area contributed by atoms with E-state index in [4.69, 9.17) is 9.47 Å². The Kier molecular flexibility index (Phi) is 5.11. The number of methoxy groups -OCH3 is 1. The molecular formula is C20H25NO4. The Morgan fingerprint density at radius 2 is 1.68 bits per heavy atom. The number of hydrogen-bond acceptors (Lipinski definition) is 4. The summed E-state index contributed by atoms with van der Waals surface area (Å²) >= 11 is 0. The molecule has 2 aliphatic rings. The molecule has 2 amide bonds. The third-order valence-electron chi connectivity index (χ3n) is 4.99. The van der Waals surface area contributed by atoms with Gasteiger partial charge < -0.3 is 9.47 Å². The molecule has 0 N–H and O–H groups in total. The third-order valence-corrected chi connectivity index (χ3v) is 4.99. The number of carbonyl (C=O) groups is 2. The van der Waals surface area contributed by atoms with Gasteiger partial charge in [-0.15, -0.1) is 0 Å². The van der Waals surface area contributed by atoms with E-state index in [0.29, 0.717) is 24.5 Å². The summed E-state index contributed by atoms with van der Waals surface area (Å²) in [7, 11) is 1.60. The molecule has 0 saturated heterocycles. The van der Waals surface area contributed by atoms with Crippen LogP contribution in [-0.4, -0.2) is 30.4 Å². The molecule has 1 heterocycles. The molecule has 1 aromatic rings. The van der Waals surface area contributed by atoms with Crippen molar-refractivity contribution in [3.63, 3.8) is 0 Å². The van der Waals surface area contributed by atoms with Crippen molar-refractivity contribution < 1.29 is 19.1 Å². The van der Waals surface area contributed by atoms with Crippen LogP contribution in [0.2, 0.25) is 0 Å². The Balaban J connectivity index is 1.94. The first-order valence-electron chi connectivity index (χ1n) is 9.03. The molecule has 1 atom stereocenters. The van der Waals surface area contributed by atoms with Gasteiger partial charge in [-0.2, -0.15) is 0 Å². The lowest BCUT2D eigenvalue weighted by Crippen LogP contribution is -2.35. The quantitative estimate of drug-likeness (QED) is 0.738. The monoisotopic (exact) mass is 343 g/mol. The van der Waals surface area contributed by atoms with Crippen molar-refractivity contribution in [2.45, 2.75) is 52.0 Å². The van der Waals surface area contributed by atoms with Crippen LogP contribution in [-0.2, 0) is 9.59 Å². The number of carbonyl (C=O) groups excluding carboxylic acids is 2. The molecule has 1 aliphatic heterocycles. The van der Waals surface area contributed by atoms with Gasteiger partial charge in [0.1, 0.15) is 0 Å². The second-order valence-electron chi connectivity index (χ2n) is 6.41. The maximum atomic E-state index is 12.8. The number of imide groups is 1. The largest absolute Gasteiger partial charge is 0.493 e. The van der Waals surface area contributed by atoms with Crippen molar-refractivity contribution in [2.24, 2.45) is 0 Å². The number of benzene rings is 1. The van der Waals surface area contributed by atoms with Crippen molar-refractivity contribution in [2.75, 3.05) is 13.7 Å². The van der Waals surface area contributed by atoms with Crippen molar-refractivity contribution >= 4 is 11.8 Å². The normalized spacial score (nSPS) is 18.4. The number of rotatable bonds is 6. The smallest absolute Gasteiger partial charge is 0.257 e. The summed E-state index contributed by atoms with van der Waals surface area (Å²) in [5.41, 5.74) is 2.36. The first-order chi connectivity index (χ1) is 12.1. The Morgan fingerprint density at radius 1 is 1.04 bits per heavy atom. The summed E-state index contributed by atoms with van der Waals surface area (Å²) in [5.74, 6) is 1.07. The lowest BCUT2D eigenvalue weighted by atomic mass is 9.93. The molecule has 0 spiro atoms. The lowest BCUT2D eigenvalue weighted by Gasteiger charge is -2.27. The van der Waals surface area contributed by atoms with Gasteiger partial charge >= 0.3 is 0 Å². The second kappa shape index (κ2) is 7.30. The van der Waals surface area contributed by atoms with E-state index in [-0.39, 0.29) is 17.9 Å². The minimum atomic E-state index is -0.282. The highest BCUT2D eigenvalue weighted by Gasteiger charge is 2.42. The summed E-state index contributed by atoms with van der Waals surface area (Å²) in [6.45, 7) is 4.43. The SMILES string of the molecule is CCOc1cc(C(CC)N2C(=O)C3=C(CCCC3)C2=O)ccc1OC. The van der Waals surface area contributed by atoms with Crippen LogP contribution in [0.4, 0.5) is 0 Å². The van der Waals surface area contributed by atoms with E-state index in [1.54, 1.807) is 7.11 Å². The second-order valence-corrected chi connectivity index (χ2v) is 6.41. The Bertz CT molecular complexity index is 694. The van der Waals surface area contributed by atoms with Crippen LogP contribution in [0.1, 0.15) is 57.6 Å². The summed E-state index contributed by atoms with van der Waals surface area (Å²) < 4.78 is 11.0. The highest BCUT2D eigenvalue weighted by Crippen LogP contribution is 2.40. The molecule has 134 valence electrons. The molecule has 5 nitrogen and oxygen atoms in total. The van der Waals surface area contributed by atoms with Gasteiger partial charge in [0.05, 0.1) is 19.8 Å². The summed E-state index contributed by atoms with van der Waals surface area (Å²) in [4.78, 5) is 27.1. The first-order valence-corrected chi connectivity index (χ1v) is 9.03. The van der Waals surface area contributed by atoms with Crippen LogP contribution in [0, 0.1) is 0 Å². The van der Waals surface area contributed by atoms with Crippen LogP contribution in [0.15, 0.2) is 29.3 Å². The molecule has 5 heteroatoms. The van der Waals surface area contributed by atoms with E-state index < -0.39 is 0 Å². The van der Waals surface area contributed by atoms with Gasteiger partial charge in [0, 0.05) is 11.1 Å². The maximum Gasteiger partial charge on any atom is 0.257 e. The van der Waals surface area contributed by atoms with Gasteiger partial charge in [0.2, 0.25) is 0 Å². The average Bonchev–Trinajstić information content (AvgIpc) is 2.89. The zero-order valence-electron chi connectivity index (χ0n) is 15.1. The molecular weight excluding hydrogens is 318 g/mol. The minimum Gasteiger partial charge on any atom is -0.493 e. The molecule has 0 radical (unpaired) electrons. The molecule has 1 aromatic carbocycles. The van der Waals surface area contributed by atoms with Gasteiger partial charge in [-0.05, 0) is 56.7 Å². The molecule has 0 saturated carbocycles. The van der Waals surface area contributed by atoms with E-state index in [2.05, 4.69) is 0 Å². The third kappa shape index (κ3) is 3.03. The van der Waals surface area contributed by atoms with Gasteiger partial charge in [-0.25, -0.2) is 0 Å². The van der Waals surface area contributed by atoms with Crippen LogP contribution in [0.5, 0.6) is 11.5 Å². The molecule has 3 rings (SSSR count). The van der Waals surface area contributed by atoms with Crippen molar-refractivity contribution in [1.82, 2.24) is 4.90 Å². The standard InChI is InChI=1S/C20H25NO4/c1-4-16(13-10-11-17(24-3)18(12-13)25-5-2)21-19(22)14-8-6-7-9-15(14)20(21)23/h10-12,16H,4-9H2,1-3H3. The van der Waals surface area contributed by atoms with Crippen molar-refractivity contribution in [1.29, 1.82) is 0 Å². The van der Waals surface area contributed by atoms with E-state index in [0.717, 1.165) is 42.4 Å². The van der Waals surface area contributed by atoms with Gasteiger partial charge in [-0.3, -0.25) is 14.5 Å². The molecule has 0 fully saturated rings. The lowest BCUT2D eigenvalue weighted by molar-refractivity contribution is -0.140. The molecule has 1 unspecified atom stereocenters. The highest BCUT2D eigenvalue weighted by molar-refractivity contribution is 6.19. The zero-order chi connectivity index (χ0) is 18.0. The Labute approximate surface area is 148 Å². The minimum absolute atomic E-state index is 0.111. The summed E-state index contributed by atoms with van der Waals surface area (Å²) in [6.07, 6.45) is 4.08. The van der Waals surface area contributed by atoms with Gasteiger partial charge in [-0.1, -0.05) is 13.0 Å². The van der Waals surface area contributed by atoms with Crippen LogP contribution < -0.4 is 9.47 Å². The number of amides is 2. The average molecular weight is 343 g/mol. The van der Waals surface area contributed by atoms with E-state index in [1.807, 2.05) is 32.0 Å². The summed E-state index contributed by atoms with van der Waals surface area (Å²) in [6, 6.07) is 5.35. The highest BCUT2D eigenvalue weighted by atomic mass is 16.5. The predicted molar refractivity (Wildman–Crippen MR) is 94.5 cm³/mol. The fraction of sp³-hybridized carbons (Fsp3) is 0.500. The number of nitrogens with zero attached hydrogens (tertiary/aromatic N) is 1. The van der Waals surface area contributed by atoms with E-state index in [1.165, 1.54) is 4.90 Å². The summed E-state index contributed by atoms with van der Waals surface area (Å²) in [5, 5.41) is 0. The number of hydrogen-bond donors (Lipinski definition) is 0. The molecule has 0 aromatic heterocycles. The van der Waals surface area contributed by atoms with E-state index >= 15 is 0 Å². The predicted octanol–water partition coefficient (Wildman–Crippen LogP) is 3.78. The Morgan fingerprint density at radius 3 is 2.20 bits per heavy atom. The topological polar surface area (TPSA) is 55.8 Å².